The van der Waals surface area contributed by atoms with Crippen molar-refractivity contribution in [2.24, 2.45) is 0 Å². The number of amides is 2. The molecular weight excluding hydrogens is 397 g/mol. The Morgan fingerprint density at radius 3 is 2.48 bits per heavy atom. The number of sulfonamides is 1. The van der Waals surface area contributed by atoms with Gasteiger partial charge >= 0.3 is 11.8 Å². The number of hydrogen-bond donors (Lipinski definition) is 2. The molecule has 0 saturated carbocycles. The van der Waals surface area contributed by atoms with E-state index in [1.165, 1.54) is 28.6 Å². The first-order valence-corrected chi connectivity index (χ1v) is 10.7. The van der Waals surface area contributed by atoms with Crippen molar-refractivity contribution in [3.8, 4) is 0 Å². The van der Waals surface area contributed by atoms with Crippen LogP contribution in [0.2, 0.25) is 0 Å². The molecule has 0 aromatic heterocycles. The van der Waals surface area contributed by atoms with Gasteiger partial charge in [-0.05, 0) is 44.0 Å². The number of aryl methyl sites for hydroxylation is 1. The first-order chi connectivity index (χ1) is 13.8. The lowest BCUT2D eigenvalue weighted by atomic mass is 10.2. The van der Waals surface area contributed by atoms with Crippen LogP contribution in [0.4, 0.5) is 10.1 Å². The molecular formula is C20H22FN3O4S. The molecule has 3 rings (SSSR count). The zero-order valence-corrected chi connectivity index (χ0v) is 16.7. The Kier molecular flexibility index (Phi) is 6.29. The van der Waals surface area contributed by atoms with E-state index in [4.69, 9.17) is 0 Å². The molecule has 9 heteroatoms. The second-order valence-electron chi connectivity index (χ2n) is 6.87. The SMILES string of the molecule is Cc1ccc(S(=O)(=O)N2CCCC2CNC(=O)C(=O)Nc2ccccc2F)cc1. The van der Waals surface area contributed by atoms with E-state index in [2.05, 4.69) is 10.6 Å². The van der Waals surface area contributed by atoms with Gasteiger partial charge in [0.15, 0.2) is 0 Å². The zero-order valence-electron chi connectivity index (χ0n) is 15.9. The molecule has 154 valence electrons. The van der Waals surface area contributed by atoms with Crippen molar-refractivity contribution in [3.63, 3.8) is 0 Å². The fraction of sp³-hybridized carbons (Fsp3) is 0.300. The predicted molar refractivity (Wildman–Crippen MR) is 106 cm³/mol. The number of anilines is 1. The van der Waals surface area contributed by atoms with Crippen LogP contribution in [0, 0.1) is 12.7 Å². The summed E-state index contributed by atoms with van der Waals surface area (Å²) in [6.07, 6.45) is 1.23. The number of carbonyl (C=O) groups excluding carboxylic acids is 2. The van der Waals surface area contributed by atoms with Crippen LogP contribution < -0.4 is 10.6 Å². The zero-order chi connectivity index (χ0) is 21.0. The Hall–Kier alpha value is -2.78. The third-order valence-corrected chi connectivity index (χ3v) is 6.74. The minimum atomic E-state index is -3.70. The molecule has 1 fully saturated rings. The van der Waals surface area contributed by atoms with E-state index >= 15 is 0 Å². The highest BCUT2D eigenvalue weighted by atomic mass is 32.2. The van der Waals surface area contributed by atoms with Crippen molar-refractivity contribution in [1.82, 2.24) is 9.62 Å². The van der Waals surface area contributed by atoms with E-state index in [1.807, 2.05) is 6.92 Å². The summed E-state index contributed by atoms with van der Waals surface area (Å²) in [5.74, 6) is -2.62. The first kappa shape index (κ1) is 20.9. The Bertz CT molecular complexity index is 1010. The Morgan fingerprint density at radius 1 is 1.10 bits per heavy atom. The third kappa shape index (κ3) is 4.80. The second kappa shape index (κ2) is 8.71. The van der Waals surface area contributed by atoms with Crippen LogP contribution in [0.15, 0.2) is 53.4 Å². The molecule has 1 aliphatic heterocycles. The molecule has 1 aliphatic rings. The van der Waals surface area contributed by atoms with Crippen LogP contribution in [-0.2, 0) is 19.6 Å². The minimum Gasteiger partial charge on any atom is -0.346 e. The summed E-state index contributed by atoms with van der Waals surface area (Å²) < 4.78 is 40.8. The Morgan fingerprint density at radius 2 is 1.79 bits per heavy atom. The van der Waals surface area contributed by atoms with Crippen molar-refractivity contribution >= 4 is 27.5 Å². The number of benzene rings is 2. The summed E-state index contributed by atoms with van der Waals surface area (Å²) in [4.78, 5) is 24.2. The van der Waals surface area contributed by atoms with E-state index in [1.54, 1.807) is 24.3 Å². The lowest BCUT2D eigenvalue weighted by Crippen LogP contribution is -2.45. The molecule has 0 radical (unpaired) electrons. The number of carbonyl (C=O) groups is 2. The summed E-state index contributed by atoms with van der Waals surface area (Å²) in [5, 5.41) is 4.65. The lowest BCUT2D eigenvalue weighted by molar-refractivity contribution is -0.136. The number of nitrogens with one attached hydrogen (secondary N) is 2. The molecule has 1 atom stereocenters. The van der Waals surface area contributed by atoms with E-state index in [9.17, 15) is 22.4 Å². The third-order valence-electron chi connectivity index (χ3n) is 4.78. The number of nitrogens with zero attached hydrogens (tertiary/aromatic N) is 1. The molecule has 2 amide bonds. The van der Waals surface area contributed by atoms with Crippen LogP contribution in [0.1, 0.15) is 18.4 Å². The summed E-state index contributed by atoms with van der Waals surface area (Å²) in [6, 6.07) is 11.6. The molecule has 2 aromatic rings. The summed E-state index contributed by atoms with van der Waals surface area (Å²) in [5.41, 5.74) is 0.854. The van der Waals surface area contributed by atoms with Crippen LogP contribution in [0.5, 0.6) is 0 Å². The molecule has 2 N–H and O–H groups in total. The van der Waals surface area contributed by atoms with Crippen molar-refractivity contribution in [1.29, 1.82) is 0 Å². The normalized spacial score (nSPS) is 17.1. The standard InChI is InChI=1S/C20H22FN3O4S/c1-14-8-10-16(11-9-14)29(27,28)24-12-4-5-15(24)13-22-19(25)20(26)23-18-7-3-2-6-17(18)21/h2-3,6-11,15H,4-5,12-13H2,1H3,(H,22,25)(H,23,26). The second-order valence-corrected chi connectivity index (χ2v) is 8.76. The summed E-state index contributed by atoms with van der Waals surface area (Å²) in [7, 11) is -3.70. The van der Waals surface area contributed by atoms with Gasteiger partial charge in [-0.1, -0.05) is 29.8 Å². The van der Waals surface area contributed by atoms with Crippen LogP contribution in [-0.4, -0.2) is 43.7 Å². The molecule has 1 unspecified atom stereocenters. The number of hydrogen-bond acceptors (Lipinski definition) is 4. The number of halogens is 1. The minimum absolute atomic E-state index is 0.00534. The first-order valence-electron chi connectivity index (χ1n) is 9.21. The average Bonchev–Trinajstić information content (AvgIpc) is 3.17. The van der Waals surface area contributed by atoms with Gasteiger partial charge in [-0.3, -0.25) is 9.59 Å². The van der Waals surface area contributed by atoms with Gasteiger partial charge in [0.1, 0.15) is 5.82 Å². The van der Waals surface area contributed by atoms with Gasteiger partial charge in [0.2, 0.25) is 10.0 Å². The average molecular weight is 419 g/mol. The lowest BCUT2D eigenvalue weighted by Gasteiger charge is -2.24. The van der Waals surface area contributed by atoms with E-state index in [-0.39, 0.29) is 17.1 Å². The van der Waals surface area contributed by atoms with Crippen molar-refractivity contribution in [2.45, 2.75) is 30.7 Å². The summed E-state index contributed by atoms with van der Waals surface area (Å²) >= 11 is 0. The van der Waals surface area contributed by atoms with Crippen molar-refractivity contribution < 1.29 is 22.4 Å². The van der Waals surface area contributed by atoms with Gasteiger partial charge < -0.3 is 10.6 Å². The summed E-state index contributed by atoms with van der Waals surface area (Å²) in [6.45, 7) is 2.21. The van der Waals surface area contributed by atoms with Gasteiger partial charge in [-0.2, -0.15) is 4.31 Å². The molecule has 29 heavy (non-hydrogen) atoms. The largest absolute Gasteiger partial charge is 0.346 e. The Labute approximate surface area is 169 Å². The molecule has 0 bridgehead atoms. The highest BCUT2D eigenvalue weighted by Crippen LogP contribution is 2.26. The topological polar surface area (TPSA) is 95.6 Å². The Balaban J connectivity index is 1.62. The number of rotatable bonds is 5. The highest BCUT2D eigenvalue weighted by Gasteiger charge is 2.35. The van der Waals surface area contributed by atoms with Gasteiger partial charge in [-0.15, -0.1) is 0 Å². The van der Waals surface area contributed by atoms with Crippen LogP contribution >= 0.6 is 0 Å². The molecule has 7 nitrogen and oxygen atoms in total. The van der Waals surface area contributed by atoms with Crippen LogP contribution in [0.3, 0.4) is 0 Å². The van der Waals surface area contributed by atoms with Gasteiger partial charge in [-0.25, -0.2) is 12.8 Å². The number of para-hydroxylation sites is 1. The molecule has 0 aliphatic carbocycles. The maximum absolute atomic E-state index is 13.6. The van der Waals surface area contributed by atoms with Gasteiger partial charge in [0.05, 0.1) is 10.6 Å². The smallest absolute Gasteiger partial charge is 0.313 e. The fourth-order valence-corrected chi connectivity index (χ4v) is 4.90. The van der Waals surface area contributed by atoms with Crippen LogP contribution in [0.25, 0.3) is 0 Å². The monoisotopic (exact) mass is 419 g/mol. The highest BCUT2D eigenvalue weighted by molar-refractivity contribution is 7.89. The fourth-order valence-electron chi connectivity index (χ4n) is 3.21. The quantitative estimate of drug-likeness (QED) is 0.725. The molecule has 1 heterocycles. The van der Waals surface area contributed by atoms with Crippen molar-refractivity contribution in [2.75, 3.05) is 18.4 Å². The molecule has 0 spiro atoms. The predicted octanol–water partition coefficient (Wildman–Crippen LogP) is 2.04. The molecule has 2 aromatic carbocycles. The van der Waals surface area contributed by atoms with Crippen molar-refractivity contribution in [3.05, 3.63) is 59.9 Å². The van der Waals surface area contributed by atoms with E-state index < -0.39 is 33.7 Å². The maximum Gasteiger partial charge on any atom is 0.313 e. The molecule has 1 saturated heterocycles. The van der Waals surface area contributed by atoms with Gasteiger partial charge in [0, 0.05) is 19.1 Å². The van der Waals surface area contributed by atoms with E-state index in [0.29, 0.717) is 19.4 Å². The van der Waals surface area contributed by atoms with Gasteiger partial charge in [0.25, 0.3) is 0 Å². The van der Waals surface area contributed by atoms with E-state index in [0.717, 1.165) is 5.56 Å². The maximum atomic E-state index is 13.6.